The number of guanidine groups is 1. The smallest absolute Gasteiger partial charge is 0.194 e. The number of methoxy groups -OCH3 is 1. The Bertz CT molecular complexity index is 701. The van der Waals surface area contributed by atoms with Crippen LogP contribution >= 0.6 is 11.3 Å². The summed E-state index contributed by atoms with van der Waals surface area (Å²) in [5, 5.41) is 15.2. The van der Waals surface area contributed by atoms with E-state index in [0.717, 1.165) is 43.7 Å². The molecule has 10 heteroatoms. The molecule has 0 saturated carbocycles. The van der Waals surface area contributed by atoms with Gasteiger partial charge in [0.05, 0.1) is 24.5 Å². The summed E-state index contributed by atoms with van der Waals surface area (Å²) < 4.78 is 35.8. The molecule has 2 N–H and O–H groups in total. The number of hydrogen-bond acceptors (Lipinski definition) is 7. The van der Waals surface area contributed by atoms with Crippen molar-refractivity contribution >= 4 is 27.1 Å². The van der Waals surface area contributed by atoms with Gasteiger partial charge in [0, 0.05) is 40.0 Å². The molecule has 1 aliphatic heterocycles. The first-order valence-electron chi connectivity index (χ1n) is 10.0. The van der Waals surface area contributed by atoms with Gasteiger partial charge in [-0.1, -0.05) is 6.07 Å². The predicted octanol–water partition coefficient (Wildman–Crippen LogP) is 1.37. The Hall–Kier alpha value is -1.20. The van der Waals surface area contributed by atoms with E-state index in [-0.39, 0.29) is 22.6 Å². The van der Waals surface area contributed by atoms with Gasteiger partial charge in [0.1, 0.15) is 4.21 Å². The second-order valence-electron chi connectivity index (χ2n) is 6.97. The van der Waals surface area contributed by atoms with Crippen molar-refractivity contribution < 1.29 is 23.0 Å². The number of aliphatic imine (C=N–C) groups is 1. The molecule has 8 nitrogen and oxygen atoms in total. The van der Waals surface area contributed by atoms with Crippen LogP contribution in [0.2, 0.25) is 0 Å². The molecule has 1 atom stereocenters. The van der Waals surface area contributed by atoms with E-state index in [0.29, 0.717) is 25.7 Å². The topological polar surface area (TPSA) is 100 Å². The first-order valence-corrected chi connectivity index (χ1v) is 12.6. The van der Waals surface area contributed by atoms with Crippen LogP contribution in [0.1, 0.15) is 26.2 Å². The molecule has 166 valence electrons. The van der Waals surface area contributed by atoms with Gasteiger partial charge in [-0.15, -0.1) is 11.3 Å². The molecule has 0 spiro atoms. The first kappa shape index (κ1) is 24.1. The van der Waals surface area contributed by atoms with Crippen LogP contribution in [0.25, 0.3) is 0 Å². The molecule has 2 rings (SSSR count). The van der Waals surface area contributed by atoms with E-state index in [4.69, 9.17) is 9.47 Å². The van der Waals surface area contributed by atoms with Gasteiger partial charge < -0.3 is 24.8 Å². The number of ether oxygens (including phenoxy) is 2. The molecular weight excluding hydrogens is 414 g/mol. The van der Waals surface area contributed by atoms with Gasteiger partial charge in [-0.05, 0) is 37.6 Å². The Morgan fingerprint density at radius 3 is 2.79 bits per heavy atom. The van der Waals surface area contributed by atoms with Crippen LogP contribution in [-0.4, -0.2) is 88.8 Å². The zero-order chi connectivity index (χ0) is 21.1. The number of likely N-dealkylation sites (tertiary alicyclic amines) is 1. The van der Waals surface area contributed by atoms with Crippen LogP contribution in [0.4, 0.5) is 0 Å². The summed E-state index contributed by atoms with van der Waals surface area (Å²) in [6.07, 6.45) is 1.91. The highest BCUT2D eigenvalue weighted by Crippen LogP contribution is 2.18. The van der Waals surface area contributed by atoms with Crippen molar-refractivity contribution in [2.45, 2.75) is 42.6 Å². The SMILES string of the molecule is CCNC(=NCC(O)CS(=O)(=O)c1cccs1)N1CCC(OCCCOC)CC1. The monoisotopic (exact) mass is 447 g/mol. The normalized spacial score (nSPS) is 17.5. The van der Waals surface area contributed by atoms with Crippen LogP contribution in [-0.2, 0) is 19.3 Å². The van der Waals surface area contributed by atoms with Crippen molar-refractivity contribution in [2.24, 2.45) is 4.99 Å². The molecule has 1 unspecified atom stereocenters. The minimum absolute atomic E-state index is 0.0420. The standard InChI is InChI=1S/C19H33N3O5S2/c1-3-20-19(22-9-7-17(8-10-22)27-12-5-11-26-2)21-14-16(23)15-29(24,25)18-6-4-13-28-18/h4,6,13,16-17,23H,3,5,7-12,14-15H2,1-2H3,(H,20,21). The fourth-order valence-corrected chi connectivity index (χ4v) is 5.60. The van der Waals surface area contributed by atoms with Crippen LogP contribution < -0.4 is 5.32 Å². The summed E-state index contributed by atoms with van der Waals surface area (Å²) in [6.45, 7) is 5.77. The fourth-order valence-electron chi connectivity index (χ4n) is 3.13. The molecular formula is C19H33N3O5S2. The van der Waals surface area contributed by atoms with E-state index in [1.807, 2.05) is 6.92 Å². The highest BCUT2D eigenvalue weighted by molar-refractivity contribution is 7.93. The number of piperidine rings is 1. The lowest BCUT2D eigenvalue weighted by molar-refractivity contribution is 0.00987. The number of hydrogen-bond donors (Lipinski definition) is 2. The third kappa shape index (κ3) is 8.21. The van der Waals surface area contributed by atoms with Gasteiger partial charge in [-0.25, -0.2) is 8.42 Å². The van der Waals surface area contributed by atoms with Crippen LogP contribution in [0, 0.1) is 0 Å². The number of aliphatic hydroxyl groups is 1. The predicted molar refractivity (Wildman–Crippen MR) is 115 cm³/mol. The lowest BCUT2D eigenvalue weighted by Crippen LogP contribution is -2.47. The van der Waals surface area contributed by atoms with Crippen molar-refractivity contribution in [3.8, 4) is 0 Å². The maximum absolute atomic E-state index is 12.3. The number of sulfone groups is 1. The third-order valence-corrected chi connectivity index (χ3v) is 7.87. The average molecular weight is 448 g/mol. The number of nitrogens with zero attached hydrogens (tertiary/aromatic N) is 2. The minimum Gasteiger partial charge on any atom is -0.390 e. The summed E-state index contributed by atoms with van der Waals surface area (Å²) in [5.74, 6) is 0.381. The summed E-state index contributed by atoms with van der Waals surface area (Å²) in [6, 6.07) is 3.25. The summed E-state index contributed by atoms with van der Waals surface area (Å²) >= 11 is 1.16. The largest absolute Gasteiger partial charge is 0.390 e. The van der Waals surface area contributed by atoms with Crippen molar-refractivity contribution in [1.82, 2.24) is 10.2 Å². The quantitative estimate of drug-likeness (QED) is 0.300. The first-order chi connectivity index (χ1) is 14.0. The zero-order valence-electron chi connectivity index (χ0n) is 17.2. The number of rotatable bonds is 11. The zero-order valence-corrected chi connectivity index (χ0v) is 18.9. The Kier molecular flexibility index (Phi) is 10.4. The van der Waals surface area contributed by atoms with Gasteiger partial charge in [0.2, 0.25) is 0 Å². The summed E-state index contributed by atoms with van der Waals surface area (Å²) in [5.41, 5.74) is 0. The number of aliphatic hydroxyl groups excluding tert-OH is 1. The highest BCUT2D eigenvalue weighted by atomic mass is 32.2. The second kappa shape index (κ2) is 12.5. The van der Waals surface area contributed by atoms with Gasteiger partial charge >= 0.3 is 0 Å². The van der Waals surface area contributed by atoms with Crippen LogP contribution in [0.15, 0.2) is 26.7 Å². The summed E-state index contributed by atoms with van der Waals surface area (Å²) in [4.78, 5) is 6.62. The Morgan fingerprint density at radius 1 is 1.41 bits per heavy atom. The molecule has 0 bridgehead atoms. The molecule has 1 aromatic rings. The molecule has 29 heavy (non-hydrogen) atoms. The molecule has 1 aliphatic rings. The van der Waals surface area contributed by atoms with Gasteiger partial charge in [0.25, 0.3) is 0 Å². The van der Waals surface area contributed by atoms with Gasteiger partial charge in [-0.3, -0.25) is 4.99 Å². The molecule has 0 aliphatic carbocycles. The van der Waals surface area contributed by atoms with E-state index >= 15 is 0 Å². The van der Waals surface area contributed by atoms with E-state index < -0.39 is 15.9 Å². The Labute approximate surface area is 177 Å². The Balaban J connectivity index is 1.83. The maximum Gasteiger partial charge on any atom is 0.194 e. The molecule has 1 aromatic heterocycles. The molecule has 1 fully saturated rings. The number of nitrogens with one attached hydrogen (secondary N) is 1. The van der Waals surface area contributed by atoms with E-state index in [1.165, 1.54) is 0 Å². The fraction of sp³-hybridized carbons (Fsp3) is 0.737. The van der Waals surface area contributed by atoms with Gasteiger partial charge in [0.15, 0.2) is 15.8 Å². The highest BCUT2D eigenvalue weighted by Gasteiger charge is 2.23. The van der Waals surface area contributed by atoms with Crippen molar-refractivity contribution in [1.29, 1.82) is 0 Å². The van der Waals surface area contributed by atoms with Crippen molar-refractivity contribution in [3.05, 3.63) is 17.5 Å². The van der Waals surface area contributed by atoms with E-state index in [1.54, 1.807) is 24.6 Å². The van der Waals surface area contributed by atoms with E-state index in [2.05, 4.69) is 15.2 Å². The van der Waals surface area contributed by atoms with Crippen LogP contribution in [0.5, 0.6) is 0 Å². The Morgan fingerprint density at radius 2 is 2.17 bits per heavy atom. The number of thiophene rings is 1. The maximum atomic E-state index is 12.3. The third-order valence-electron chi connectivity index (χ3n) is 4.59. The second-order valence-corrected chi connectivity index (χ2v) is 10.2. The molecule has 0 aromatic carbocycles. The molecule has 0 radical (unpaired) electrons. The molecule has 1 saturated heterocycles. The average Bonchev–Trinajstić information content (AvgIpc) is 3.25. The van der Waals surface area contributed by atoms with Crippen molar-refractivity contribution in [2.75, 3.05) is 52.3 Å². The van der Waals surface area contributed by atoms with Crippen molar-refractivity contribution in [3.63, 3.8) is 0 Å². The lowest BCUT2D eigenvalue weighted by atomic mass is 10.1. The molecule has 2 heterocycles. The lowest BCUT2D eigenvalue weighted by Gasteiger charge is -2.34. The summed E-state index contributed by atoms with van der Waals surface area (Å²) in [7, 11) is -1.79. The van der Waals surface area contributed by atoms with Gasteiger partial charge in [-0.2, -0.15) is 0 Å². The van der Waals surface area contributed by atoms with E-state index in [9.17, 15) is 13.5 Å². The molecule has 0 amide bonds. The minimum atomic E-state index is -3.48. The van der Waals surface area contributed by atoms with Crippen LogP contribution in [0.3, 0.4) is 0 Å².